The van der Waals surface area contributed by atoms with E-state index in [2.05, 4.69) is 0 Å². The predicted molar refractivity (Wildman–Crippen MR) is 58.5 cm³/mol. The molecule has 2 rings (SSSR count). The first-order valence-corrected chi connectivity index (χ1v) is 6.09. The average molecular weight is 301 g/mol. The van der Waals surface area contributed by atoms with Crippen molar-refractivity contribution in [3.8, 4) is 0 Å². The van der Waals surface area contributed by atoms with E-state index in [1.54, 1.807) is 0 Å². The van der Waals surface area contributed by atoms with E-state index in [9.17, 15) is 13.6 Å². The molecule has 0 bridgehead atoms. The molecule has 1 aromatic carbocycles. The zero-order valence-electron chi connectivity index (χ0n) is 8.95. The normalized spacial score (nSPS) is 16.1. The summed E-state index contributed by atoms with van der Waals surface area (Å²) in [6.45, 7) is 1.67. The van der Waals surface area contributed by atoms with Crippen LogP contribution in [0.2, 0.25) is 0 Å². The van der Waals surface area contributed by atoms with Crippen molar-refractivity contribution in [1.82, 2.24) is 4.90 Å². The van der Waals surface area contributed by atoms with Gasteiger partial charge in [-0.05, 0) is 0 Å². The Labute approximate surface area is 106 Å². The Balaban J connectivity index is 2.27. The molecule has 1 amide bonds. The number of rotatable bonds is 1. The number of nitrogens with zero attached hydrogens (tertiary/aromatic N) is 1. The van der Waals surface area contributed by atoms with Crippen LogP contribution < -0.4 is 4.35 Å². The molecule has 90 valence electrons. The van der Waals surface area contributed by atoms with Crippen LogP contribution in [0, 0.1) is 11.6 Å². The van der Waals surface area contributed by atoms with Gasteiger partial charge in [-0.1, -0.05) is 0 Å². The van der Waals surface area contributed by atoms with Crippen molar-refractivity contribution in [2.75, 3.05) is 26.3 Å². The van der Waals surface area contributed by atoms with Gasteiger partial charge in [0.2, 0.25) is 0 Å². The van der Waals surface area contributed by atoms with Crippen molar-refractivity contribution in [3.63, 3.8) is 0 Å². The second-order valence-corrected chi connectivity index (χ2v) is 4.68. The van der Waals surface area contributed by atoms with E-state index < -0.39 is 17.5 Å². The molecule has 17 heavy (non-hydrogen) atoms. The Bertz CT molecular complexity index is 447. The summed E-state index contributed by atoms with van der Waals surface area (Å²) >= 11 is 1.93. The Morgan fingerprint density at radius 3 is 2.53 bits per heavy atom. The first-order valence-electron chi connectivity index (χ1n) is 5.15. The number of ether oxygens (including phenoxy) is 1. The molecule has 0 unspecified atom stereocenters. The standard InChI is InChI=1S/C11H10AsF2NO2/c12-8-2-1-7(9(13)10(8)14)11(16)15-3-5-17-6-4-15/h1-2H,3-6H2. The summed E-state index contributed by atoms with van der Waals surface area (Å²) in [5.41, 5.74) is -0.223. The van der Waals surface area contributed by atoms with Crippen LogP contribution in [-0.2, 0) is 4.74 Å². The number of amides is 1. The average Bonchev–Trinajstić information content (AvgIpc) is 2.36. The van der Waals surface area contributed by atoms with E-state index >= 15 is 0 Å². The van der Waals surface area contributed by atoms with E-state index in [-0.39, 0.29) is 9.91 Å². The number of carbonyl (C=O) groups excluding carboxylic acids is 1. The molecule has 0 N–H and O–H groups in total. The van der Waals surface area contributed by atoms with Crippen LogP contribution >= 0.6 is 0 Å². The van der Waals surface area contributed by atoms with Gasteiger partial charge < -0.3 is 0 Å². The van der Waals surface area contributed by atoms with E-state index in [0.29, 0.717) is 26.3 Å². The van der Waals surface area contributed by atoms with E-state index in [0.717, 1.165) is 0 Å². The summed E-state index contributed by atoms with van der Waals surface area (Å²) < 4.78 is 32.2. The van der Waals surface area contributed by atoms with Crippen molar-refractivity contribution in [2.24, 2.45) is 0 Å². The number of hydrogen-bond acceptors (Lipinski definition) is 2. The van der Waals surface area contributed by atoms with Gasteiger partial charge in [-0.15, -0.1) is 0 Å². The fraction of sp³-hybridized carbons (Fsp3) is 0.364. The van der Waals surface area contributed by atoms with Gasteiger partial charge in [-0.25, -0.2) is 0 Å². The van der Waals surface area contributed by atoms with Gasteiger partial charge in [0.15, 0.2) is 0 Å². The number of hydrogen-bond donors (Lipinski definition) is 0. The summed E-state index contributed by atoms with van der Waals surface area (Å²) in [5, 5.41) is 0. The number of benzene rings is 1. The molecule has 1 fully saturated rings. The molecule has 0 saturated carbocycles. The van der Waals surface area contributed by atoms with Crippen LogP contribution in [0.15, 0.2) is 12.1 Å². The molecule has 0 spiro atoms. The molecule has 1 heterocycles. The molecule has 0 atom stereocenters. The Morgan fingerprint density at radius 1 is 1.24 bits per heavy atom. The van der Waals surface area contributed by atoms with Crippen LogP contribution in [0.25, 0.3) is 0 Å². The number of halogens is 2. The van der Waals surface area contributed by atoms with Crippen LogP contribution in [0.5, 0.6) is 0 Å². The van der Waals surface area contributed by atoms with Crippen LogP contribution in [0.4, 0.5) is 8.78 Å². The third kappa shape index (κ3) is 2.50. The van der Waals surface area contributed by atoms with Crippen molar-refractivity contribution in [2.45, 2.75) is 0 Å². The number of morpholine rings is 1. The Morgan fingerprint density at radius 2 is 1.88 bits per heavy atom. The van der Waals surface area contributed by atoms with Crippen molar-refractivity contribution < 1.29 is 18.3 Å². The van der Waals surface area contributed by atoms with Crippen LogP contribution in [0.1, 0.15) is 10.4 Å². The van der Waals surface area contributed by atoms with Gasteiger partial charge in [-0.3, -0.25) is 0 Å². The van der Waals surface area contributed by atoms with Crippen molar-refractivity contribution in [3.05, 3.63) is 29.3 Å². The molecule has 1 aliphatic heterocycles. The zero-order valence-corrected chi connectivity index (χ0v) is 10.8. The first-order chi connectivity index (χ1) is 8.11. The summed E-state index contributed by atoms with van der Waals surface area (Å²) in [4.78, 5) is 13.4. The third-order valence-corrected chi connectivity index (χ3v) is 3.32. The molecule has 0 aromatic heterocycles. The van der Waals surface area contributed by atoms with Gasteiger partial charge in [-0.2, -0.15) is 0 Å². The van der Waals surface area contributed by atoms with Crippen molar-refractivity contribution >= 4 is 27.1 Å². The second kappa shape index (κ2) is 5.15. The molecular formula is C11H10AsF2NO2. The molecular weight excluding hydrogens is 291 g/mol. The monoisotopic (exact) mass is 301 g/mol. The summed E-state index contributed by atoms with van der Waals surface area (Å²) in [6.07, 6.45) is 0. The second-order valence-electron chi connectivity index (χ2n) is 3.66. The fourth-order valence-corrected chi connectivity index (χ4v) is 2.00. The van der Waals surface area contributed by atoms with Crippen LogP contribution in [0.3, 0.4) is 0 Å². The van der Waals surface area contributed by atoms with Gasteiger partial charge in [0.05, 0.1) is 0 Å². The Kier molecular flexibility index (Phi) is 3.79. The molecule has 3 nitrogen and oxygen atoms in total. The summed E-state index contributed by atoms with van der Waals surface area (Å²) in [6, 6.07) is 2.69. The fourth-order valence-electron chi connectivity index (χ4n) is 1.64. The predicted octanol–water partition coefficient (Wildman–Crippen LogP) is 0.231. The van der Waals surface area contributed by atoms with Gasteiger partial charge in [0, 0.05) is 0 Å². The minimum atomic E-state index is -1.08. The zero-order chi connectivity index (χ0) is 12.4. The van der Waals surface area contributed by atoms with Gasteiger partial charge >= 0.3 is 106 Å². The van der Waals surface area contributed by atoms with E-state index in [4.69, 9.17) is 4.74 Å². The molecule has 1 aliphatic rings. The SMILES string of the molecule is O=C(c1ccc([As])c(F)c1F)N1CCOCC1. The molecule has 1 aromatic rings. The maximum absolute atomic E-state index is 13.6. The maximum atomic E-state index is 13.6. The molecule has 1 saturated heterocycles. The third-order valence-electron chi connectivity index (χ3n) is 2.59. The van der Waals surface area contributed by atoms with Crippen LogP contribution in [-0.4, -0.2) is 54.0 Å². The quantitative estimate of drug-likeness (QED) is 0.695. The minimum absolute atomic E-state index is 0.133. The van der Waals surface area contributed by atoms with E-state index in [1.165, 1.54) is 17.0 Å². The molecule has 2 radical (unpaired) electrons. The molecule has 0 aliphatic carbocycles. The number of carbonyl (C=O) groups is 1. The van der Waals surface area contributed by atoms with E-state index in [1.807, 2.05) is 16.9 Å². The first kappa shape index (κ1) is 12.5. The summed E-state index contributed by atoms with van der Waals surface area (Å²) in [7, 11) is 0. The Hall–Kier alpha value is -0.932. The van der Waals surface area contributed by atoms with Gasteiger partial charge in [0.25, 0.3) is 0 Å². The molecule has 6 heteroatoms. The van der Waals surface area contributed by atoms with Gasteiger partial charge in [0.1, 0.15) is 0 Å². The topological polar surface area (TPSA) is 29.5 Å². The van der Waals surface area contributed by atoms with Crippen molar-refractivity contribution in [1.29, 1.82) is 0 Å². The summed E-state index contributed by atoms with van der Waals surface area (Å²) in [5.74, 6) is -2.55.